The van der Waals surface area contributed by atoms with E-state index < -0.39 is 23.5 Å². The van der Waals surface area contributed by atoms with Gasteiger partial charge in [-0.2, -0.15) is 0 Å². The van der Waals surface area contributed by atoms with E-state index in [1.54, 1.807) is 45.0 Å². The van der Waals surface area contributed by atoms with Gasteiger partial charge >= 0.3 is 11.8 Å². The molecule has 0 saturated carbocycles. The summed E-state index contributed by atoms with van der Waals surface area (Å²) in [5.41, 5.74) is 0.00913. The maximum absolute atomic E-state index is 11.7. The van der Waals surface area contributed by atoms with Crippen molar-refractivity contribution in [3.05, 3.63) is 29.8 Å². The molecule has 6 nitrogen and oxygen atoms in total. The van der Waals surface area contributed by atoms with Crippen LogP contribution in [0.15, 0.2) is 24.3 Å². The van der Waals surface area contributed by atoms with Crippen molar-refractivity contribution in [2.75, 3.05) is 11.9 Å². The normalized spacial score (nSPS) is 12.7. The van der Waals surface area contributed by atoms with Crippen LogP contribution in [0.4, 0.5) is 5.69 Å². The zero-order valence-electron chi connectivity index (χ0n) is 11.8. The summed E-state index contributed by atoms with van der Waals surface area (Å²) in [6, 6.07) is 6.13. The highest BCUT2D eigenvalue weighted by Crippen LogP contribution is 2.22. The second-order valence-corrected chi connectivity index (χ2v) is 5.15. The molecule has 1 rings (SSSR count). The van der Waals surface area contributed by atoms with Crippen molar-refractivity contribution >= 4 is 17.5 Å². The van der Waals surface area contributed by atoms with Crippen molar-refractivity contribution in [1.29, 1.82) is 0 Å². The zero-order chi connectivity index (χ0) is 15.3. The Hall–Kier alpha value is -1.92. The molecule has 0 aromatic heterocycles. The lowest BCUT2D eigenvalue weighted by Gasteiger charge is -2.18. The van der Waals surface area contributed by atoms with Crippen LogP contribution in [0.3, 0.4) is 0 Å². The fourth-order valence-electron chi connectivity index (χ4n) is 1.50. The van der Waals surface area contributed by atoms with Crippen LogP contribution in [0.1, 0.15) is 26.3 Å². The molecular weight excluding hydrogens is 260 g/mol. The molecule has 0 radical (unpaired) electrons. The summed E-state index contributed by atoms with van der Waals surface area (Å²) < 4.78 is 0. The first-order valence-electron chi connectivity index (χ1n) is 6.29. The second-order valence-electron chi connectivity index (χ2n) is 5.15. The number of carbonyl (C=O) groups excluding carboxylic acids is 2. The molecule has 0 heterocycles. The Morgan fingerprint density at radius 3 is 2.50 bits per heavy atom. The standard InChI is InChI=1S/C14H20N2O4/c1-9(8-17)15-12(18)13(19)16-11-6-4-5-10(7-11)14(2,3)20/h4-7,9,17,20H,8H2,1-3H3,(H,15,18)(H,16,19)/t9-/m1/s1. The minimum absolute atomic E-state index is 0.243. The number of anilines is 1. The van der Waals surface area contributed by atoms with Crippen LogP contribution >= 0.6 is 0 Å². The van der Waals surface area contributed by atoms with E-state index in [-0.39, 0.29) is 6.61 Å². The molecule has 0 aliphatic carbocycles. The summed E-state index contributed by atoms with van der Waals surface area (Å²) >= 11 is 0. The number of rotatable bonds is 4. The highest BCUT2D eigenvalue weighted by Gasteiger charge is 2.18. The van der Waals surface area contributed by atoms with Crippen molar-refractivity contribution in [3.63, 3.8) is 0 Å². The van der Waals surface area contributed by atoms with E-state index in [9.17, 15) is 14.7 Å². The average Bonchev–Trinajstić information content (AvgIpc) is 2.37. The summed E-state index contributed by atoms with van der Waals surface area (Å²) in [6.07, 6.45) is 0. The van der Waals surface area contributed by atoms with E-state index in [1.165, 1.54) is 0 Å². The molecule has 0 saturated heterocycles. The third kappa shape index (κ3) is 4.64. The number of nitrogens with one attached hydrogen (secondary N) is 2. The topological polar surface area (TPSA) is 98.7 Å². The summed E-state index contributed by atoms with van der Waals surface area (Å²) in [5.74, 6) is -1.64. The number of amides is 2. The first-order chi connectivity index (χ1) is 9.24. The molecule has 2 amide bonds. The minimum Gasteiger partial charge on any atom is -0.394 e. The SMILES string of the molecule is C[C@H](CO)NC(=O)C(=O)Nc1cccc(C(C)(C)O)c1. The average molecular weight is 280 g/mol. The van der Waals surface area contributed by atoms with Gasteiger partial charge in [0.1, 0.15) is 0 Å². The fourth-order valence-corrected chi connectivity index (χ4v) is 1.50. The lowest BCUT2D eigenvalue weighted by atomic mass is 9.98. The van der Waals surface area contributed by atoms with Crippen molar-refractivity contribution < 1.29 is 19.8 Å². The number of carbonyl (C=O) groups is 2. The Morgan fingerprint density at radius 1 is 1.30 bits per heavy atom. The highest BCUT2D eigenvalue weighted by molar-refractivity contribution is 6.39. The van der Waals surface area contributed by atoms with Crippen LogP contribution < -0.4 is 10.6 Å². The van der Waals surface area contributed by atoms with Crippen LogP contribution in [0, 0.1) is 0 Å². The molecule has 0 spiro atoms. The van der Waals surface area contributed by atoms with E-state index in [0.29, 0.717) is 11.3 Å². The molecule has 110 valence electrons. The quantitative estimate of drug-likeness (QED) is 0.598. The van der Waals surface area contributed by atoms with Crippen LogP contribution in [-0.4, -0.2) is 34.7 Å². The van der Waals surface area contributed by atoms with Crippen molar-refractivity contribution in [1.82, 2.24) is 5.32 Å². The fraction of sp³-hybridized carbons (Fsp3) is 0.429. The Kier molecular flexibility index (Phi) is 5.24. The number of hydrogen-bond acceptors (Lipinski definition) is 4. The predicted molar refractivity (Wildman–Crippen MR) is 75.0 cm³/mol. The van der Waals surface area contributed by atoms with Crippen LogP contribution in [0.25, 0.3) is 0 Å². The van der Waals surface area contributed by atoms with E-state index in [1.807, 2.05) is 0 Å². The van der Waals surface area contributed by atoms with Crippen LogP contribution in [-0.2, 0) is 15.2 Å². The Morgan fingerprint density at radius 2 is 1.95 bits per heavy atom. The van der Waals surface area contributed by atoms with Gasteiger partial charge in [-0.15, -0.1) is 0 Å². The van der Waals surface area contributed by atoms with E-state index >= 15 is 0 Å². The van der Waals surface area contributed by atoms with Gasteiger partial charge in [-0.25, -0.2) is 0 Å². The number of hydrogen-bond donors (Lipinski definition) is 4. The molecule has 0 aliphatic rings. The molecule has 1 aromatic rings. The predicted octanol–water partition coefficient (Wildman–Crippen LogP) is 0.349. The molecule has 0 unspecified atom stereocenters. The van der Waals surface area contributed by atoms with Crippen molar-refractivity contribution in [2.24, 2.45) is 0 Å². The van der Waals surface area contributed by atoms with Gasteiger partial charge in [-0.1, -0.05) is 12.1 Å². The molecule has 1 atom stereocenters. The lowest BCUT2D eigenvalue weighted by Crippen LogP contribution is -2.42. The first kappa shape index (κ1) is 16.1. The third-order valence-corrected chi connectivity index (χ3v) is 2.68. The molecule has 0 bridgehead atoms. The van der Waals surface area contributed by atoms with Gasteiger partial charge in [0, 0.05) is 11.7 Å². The van der Waals surface area contributed by atoms with Crippen molar-refractivity contribution in [2.45, 2.75) is 32.4 Å². The molecular formula is C14H20N2O4. The summed E-state index contributed by atoms with van der Waals surface area (Å²) in [5, 5.41) is 23.5. The van der Waals surface area contributed by atoms with Gasteiger partial charge in [-0.3, -0.25) is 9.59 Å². The van der Waals surface area contributed by atoms with Gasteiger partial charge in [0.2, 0.25) is 0 Å². The largest absolute Gasteiger partial charge is 0.394 e. The van der Waals surface area contributed by atoms with E-state index in [4.69, 9.17) is 5.11 Å². The Bertz CT molecular complexity index is 494. The summed E-state index contributed by atoms with van der Waals surface area (Å²) in [4.78, 5) is 23.2. The number of benzene rings is 1. The van der Waals surface area contributed by atoms with Crippen LogP contribution in [0.5, 0.6) is 0 Å². The van der Waals surface area contributed by atoms with Gasteiger partial charge in [0.25, 0.3) is 0 Å². The Balaban J connectivity index is 2.74. The third-order valence-electron chi connectivity index (χ3n) is 2.68. The molecule has 0 aliphatic heterocycles. The summed E-state index contributed by atoms with van der Waals surface area (Å²) in [7, 11) is 0. The monoisotopic (exact) mass is 280 g/mol. The zero-order valence-corrected chi connectivity index (χ0v) is 11.8. The molecule has 0 fully saturated rings. The molecule has 1 aromatic carbocycles. The highest BCUT2D eigenvalue weighted by atomic mass is 16.3. The number of aliphatic hydroxyl groups is 2. The molecule has 20 heavy (non-hydrogen) atoms. The maximum Gasteiger partial charge on any atom is 0.313 e. The molecule has 4 N–H and O–H groups in total. The van der Waals surface area contributed by atoms with Crippen molar-refractivity contribution in [3.8, 4) is 0 Å². The smallest absolute Gasteiger partial charge is 0.313 e. The lowest BCUT2D eigenvalue weighted by molar-refractivity contribution is -0.136. The molecule has 6 heteroatoms. The summed E-state index contributed by atoms with van der Waals surface area (Å²) in [6.45, 7) is 4.60. The van der Waals surface area contributed by atoms with Gasteiger partial charge in [0.05, 0.1) is 12.2 Å². The number of aliphatic hydroxyl groups excluding tert-OH is 1. The van der Waals surface area contributed by atoms with Gasteiger partial charge < -0.3 is 20.8 Å². The van der Waals surface area contributed by atoms with E-state index in [2.05, 4.69) is 10.6 Å². The van der Waals surface area contributed by atoms with Crippen LogP contribution in [0.2, 0.25) is 0 Å². The minimum atomic E-state index is -1.03. The first-order valence-corrected chi connectivity index (χ1v) is 6.29. The maximum atomic E-state index is 11.7. The second kappa shape index (κ2) is 6.49. The van der Waals surface area contributed by atoms with Gasteiger partial charge in [-0.05, 0) is 38.5 Å². The Labute approximate surface area is 117 Å². The van der Waals surface area contributed by atoms with E-state index in [0.717, 1.165) is 0 Å². The van der Waals surface area contributed by atoms with Gasteiger partial charge in [0.15, 0.2) is 0 Å².